The second-order valence-corrected chi connectivity index (χ2v) is 15.9. The lowest BCUT2D eigenvalue weighted by Gasteiger charge is -2.63. The third kappa shape index (κ3) is 2.81. The van der Waals surface area contributed by atoms with Crippen molar-refractivity contribution in [1.29, 1.82) is 0 Å². The molecule has 5 saturated carbocycles. The van der Waals surface area contributed by atoms with Crippen LogP contribution in [-0.4, -0.2) is 58.6 Å². The van der Waals surface area contributed by atoms with Crippen LogP contribution in [0.15, 0.2) is 0 Å². The number of hydrogen-bond donors (Lipinski definition) is 3. The van der Waals surface area contributed by atoms with E-state index >= 15 is 0 Å². The third-order valence-corrected chi connectivity index (χ3v) is 14.1. The van der Waals surface area contributed by atoms with Gasteiger partial charge in [0.05, 0.1) is 30.0 Å². The largest absolute Gasteiger partial charge is 0.393 e. The van der Waals surface area contributed by atoms with E-state index in [4.69, 9.17) is 9.47 Å². The van der Waals surface area contributed by atoms with Gasteiger partial charge in [0.25, 0.3) is 0 Å². The molecule has 1 unspecified atom stereocenters. The maximum atomic E-state index is 12.3. The molecule has 36 heavy (non-hydrogen) atoms. The third-order valence-electron chi connectivity index (χ3n) is 14.1. The summed E-state index contributed by atoms with van der Waals surface area (Å²) in [4.78, 5) is 0. The minimum Gasteiger partial charge on any atom is -0.393 e. The fourth-order valence-corrected chi connectivity index (χ4v) is 12.4. The van der Waals surface area contributed by atoms with Crippen molar-refractivity contribution >= 4 is 0 Å². The molecule has 0 amide bonds. The van der Waals surface area contributed by atoms with Gasteiger partial charge in [-0.2, -0.15) is 0 Å². The molecular weight excluding hydrogens is 452 g/mol. The van der Waals surface area contributed by atoms with Gasteiger partial charge in [-0.3, -0.25) is 0 Å². The van der Waals surface area contributed by atoms with Crippen LogP contribution in [-0.2, 0) is 9.47 Å². The minimum absolute atomic E-state index is 0.0201. The Morgan fingerprint density at radius 1 is 0.944 bits per heavy atom. The van der Waals surface area contributed by atoms with Crippen molar-refractivity contribution in [3.63, 3.8) is 0 Å². The minimum atomic E-state index is -1.00. The van der Waals surface area contributed by atoms with Crippen molar-refractivity contribution in [3.05, 3.63) is 0 Å². The van der Waals surface area contributed by atoms with Crippen LogP contribution >= 0.6 is 0 Å². The lowest BCUT2D eigenvalue weighted by molar-refractivity contribution is -0.209. The Morgan fingerprint density at radius 3 is 2.22 bits per heavy atom. The smallest absolute Gasteiger partial charge is 0.111 e. The van der Waals surface area contributed by atoms with Gasteiger partial charge in [0.15, 0.2) is 0 Å². The zero-order valence-corrected chi connectivity index (χ0v) is 24.0. The topological polar surface area (TPSA) is 79.2 Å². The van der Waals surface area contributed by atoms with E-state index in [1.807, 2.05) is 0 Å². The zero-order valence-electron chi connectivity index (χ0n) is 24.0. The van der Waals surface area contributed by atoms with Gasteiger partial charge in [0.2, 0.25) is 0 Å². The van der Waals surface area contributed by atoms with Crippen LogP contribution < -0.4 is 0 Å². The second-order valence-electron chi connectivity index (χ2n) is 15.9. The Labute approximate surface area is 218 Å². The fourth-order valence-electron chi connectivity index (χ4n) is 12.4. The van der Waals surface area contributed by atoms with Crippen LogP contribution in [0.1, 0.15) is 99.8 Å². The fraction of sp³-hybridized carbons (Fsp3) is 1.00. The van der Waals surface area contributed by atoms with E-state index in [0.717, 1.165) is 32.1 Å². The molecule has 13 atom stereocenters. The Kier molecular flexibility index (Phi) is 5.43. The van der Waals surface area contributed by atoms with Crippen molar-refractivity contribution in [2.24, 2.45) is 50.7 Å². The van der Waals surface area contributed by atoms with Gasteiger partial charge < -0.3 is 24.8 Å². The van der Waals surface area contributed by atoms with Crippen LogP contribution in [0.25, 0.3) is 0 Å². The van der Waals surface area contributed by atoms with Crippen LogP contribution in [0, 0.1) is 50.7 Å². The van der Waals surface area contributed by atoms with Crippen molar-refractivity contribution < 1.29 is 24.8 Å². The number of ether oxygens (including phenoxy) is 2. The predicted molar refractivity (Wildman–Crippen MR) is 139 cm³/mol. The highest BCUT2D eigenvalue weighted by Gasteiger charge is 2.84. The summed E-state index contributed by atoms with van der Waals surface area (Å²) in [6, 6.07) is 0. The van der Waals surface area contributed by atoms with Gasteiger partial charge in [-0.25, -0.2) is 0 Å². The van der Waals surface area contributed by atoms with Gasteiger partial charge in [-0.05, 0) is 111 Å². The number of rotatable bonds is 3. The maximum Gasteiger partial charge on any atom is 0.111 e. The molecule has 3 N–H and O–H groups in total. The first-order chi connectivity index (χ1) is 16.6. The van der Waals surface area contributed by atoms with Gasteiger partial charge in [0, 0.05) is 12.5 Å². The second kappa shape index (κ2) is 7.50. The van der Waals surface area contributed by atoms with E-state index in [1.54, 1.807) is 21.0 Å². The van der Waals surface area contributed by atoms with Crippen LogP contribution in [0.3, 0.4) is 0 Å². The summed E-state index contributed by atoms with van der Waals surface area (Å²) in [5.74, 6) is 1.82. The molecule has 2 spiro atoms. The summed E-state index contributed by atoms with van der Waals surface area (Å²) >= 11 is 0. The number of aliphatic hydroxyl groups is 3. The van der Waals surface area contributed by atoms with Crippen molar-refractivity contribution in [2.75, 3.05) is 7.11 Å². The summed E-state index contributed by atoms with van der Waals surface area (Å²) in [5, 5.41) is 34.0. The summed E-state index contributed by atoms with van der Waals surface area (Å²) in [6.45, 7) is 15.5. The number of hydrogen-bond acceptors (Lipinski definition) is 5. The lowest BCUT2D eigenvalue weighted by Crippen LogP contribution is -2.59. The lowest BCUT2D eigenvalue weighted by atomic mass is 9.41. The molecule has 0 aromatic rings. The van der Waals surface area contributed by atoms with E-state index in [9.17, 15) is 15.3 Å². The van der Waals surface area contributed by atoms with Crippen molar-refractivity contribution in [1.82, 2.24) is 0 Å². The Bertz CT molecular complexity index is 911. The average Bonchev–Trinajstić information content (AvgIpc) is 3.41. The monoisotopic (exact) mass is 504 g/mol. The SMILES string of the molecule is CO[C@@H]([C@H]1C[C@@H](C)C2[C@H](O1)[C@H](O)[C@@]1(C)[C@@H]3CC[C@H]4C(C)(C)[C@@H](O)CC[C@@]45C[C@@]35CC[C@]21C)C(C)(C)O. The molecule has 6 rings (SSSR count). The van der Waals surface area contributed by atoms with Gasteiger partial charge in [0.1, 0.15) is 6.10 Å². The Balaban J connectivity index is 1.36. The normalized spacial score (nSPS) is 58.1. The summed E-state index contributed by atoms with van der Waals surface area (Å²) in [6.07, 6.45) is 7.46. The molecule has 0 radical (unpaired) electrons. The molecule has 1 heterocycles. The summed E-state index contributed by atoms with van der Waals surface area (Å²) in [5.41, 5.74) is -0.496. The summed E-state index contributed by atoms with van der Waals surface area (Å²) < 4.78 is 12.6. The molecule has 0 bridgehead atoms. The van der Waals surface area contributed by atoms with Crippen molar-refractivity contribution in [3.8, 4) is 0 Å². The van der Waals surface area contributed by atoms with E-state index in [2.05, 4.69) is 34.6 Å². The van der Waals surface area contributed by atoms with E-state index in [-0.39, 0.29) is 34.6 Å². The van der Waals surface area contributed by atoms with Crippen LogP contribution in [0.4, 0.5) is 0 Å². The molecule has 6 aliphatic rings. The standard InChI is InChI=1S/C31H52O5/c1-17-15-18(25(35-8)27(4,5)34)36-23-22(17)28(6)13-14-31-16-30(31)12-11-21(32)26(2,3)19(30)9-10-20(31)29(28,7)24(23)33/h17-25,32-34H,9-16H2,1-8H3/t17-,18-,19+,20+,21+,22?,23+,24+,25+,28-,29-,30-,31+/m1/s1. The highest BCUT2D eigenvalue weighted by Crippen LogP contribution is 2.89. The highest BCUT2D eigenvalue weighted by molar-refractivity contribution is 5.32. The molecule has 0 aromatic carbocycles. The molecule has 1 saturated heterocycles. The number of methoxy groups -OCH3 is 1. The molecule has 0 aromatic heterocycles. The van der Waals surface area contributed by atoms with Gasteiger partial charge >= 0.3 is 0 Å². The highest BCUT2D eigenvalue weighted by atomic mass is 16.6. The first kappa shape index (κ1) is 26.0. The molecular formula is C31H52O5. The van der Waals surface area contributed by atoms with E-state index < -0.39 is 17.8 Å². The molecule has 5 nitrogen and oxygen atoms in total. The Hall–Kier alpha value is -0.200. The zero-order chi connectivity index (χ0) is 26.3. The first-order valence-electron chi connectivity index (χ1n) is 14.9. The quantitative estimate of drug-likeness (QED) is 0.507. The number of fused-ring (bicyclic) bond motifs is 4. The average molecular weight is 505 g/mol. The summed E-state index contributed by atoms with van der Waals surface area (Å²) in [7, 11) is 1.66. The maximum absolute atomic E-state index is 12.3. The van der Waals surface area contributed by atoms with Crippen LogP contribution in [0.5, 0.6) is 0 Å². The van der Waals surface area contributed by atoms with Gasteiger partial charge in [-0.15, -0.1) is 0 Å². The molecule has 206 valence electrons. The van der Waals surface area contributed by atoms with Crippen LogP contribution in [0.2, 0.25) is 0 Å². The first-order valence-corrected chi connectivity index (χ1v) is 14.9. The molecule has 5 heteroatoms. The van der Waals surface area contributed by atoms with Gasteiger partial charge in [-0.1, -0.05) is 34.6 Å². The van der Waals surface area contributed by atoms with E-state index in [1.165, 1.54) is 19.3 Å². The molecule has 5 aliphatic carbocycles. The molecule has 6 fully saturated rings. The van der Waals surface area contributed by atoms with E-state index in [0.29, 0.717) is 34.5 Å². The Morgan fingerprint density at radius 2 is 1.58 bits per heavy atom. The number of aliphatic hydroxyl groups excluding tert-OH is 2. The predicted octanol–water partition coefficient (Wildman–Crippen LogP) is 4.95. The molecule has 1 aliphatic heterocycles. The van der Waals surface area contributed by atoms with Crippen molar-refractivity contribution in [2.45, 2.75) is 136 Å².